The molecule has 1 N–H and O–H groups in total. The van der Waals surface area contributed by atoms with Gasteiger partial charge in [-0.15, -0.1) is 5.10 Å². The number of nitrogens with one attached hydrogen (secondary N) is 1. The summed E-state index contributed by atoms with van der Waals surface area (Å²) in [5, 5.41) is 7.59. The van der Waals surface area contributed by atoms with Crippen LogP contribution >= 0.6 is 11.8 Å². The van der Waals surface area contributed by atoms with E-state index in [4.69, 9.17) is 0 Å². The molecule has 0 saturated heterocycles. The van der Waals surface area contributed by atoms with Gasteiger partial charge in [-0.05, 0) is 51.0 Å². The van der Waals surface area contributed by atoms with E-state index in [-0.39, 0.29) is 11.2 Å². The van der Waals surface area contributed by atoms with E-state index in [1.165, 1.54) is 17.3 Å². The Morgan fingerprint density at radius 3 is 2.64 bits per heavy atom. The van der Waals surface area contributed by atoms with Crippen molar-refractivity contribution < 1.29 is 4.79 Å². The molecular formula is C18H21N5OS. The lowest BCUT2D eigenvalue weighted by molar-refractivity contribution is -0.115. The van der Waals surface area contributed by atoms with Crippen molar-refractivity contribution in [2.24, 2.45) is 0 Å². The Labute approximate surface area is 151 Å². The molecule has 0 aliphatic heterocycles. The second kappa shape index (κ2) is 7.23. The fraction of sp³-hybridized carbons (Fsp3) is 0.333. The lowest BCUT2D eigenvalue weighted by Gasteiger charge is -2.10. The van der Waals surface area contributed by atoms with Crippen molar-refractivity contribution in [3.05, 3.63) is 47.3 Å². The van der Waals surface area contributed by atoms with E-state index in [2.05, 4.69) is 27.3 Å². The van der Waals surface area contributed by atoms with Crippen LogP contribution in [0.1, 0.15) is 30.8 Å². The van der Waals surface area contributed by atoms with E-state index in [0.717, 1.165) is 23.5 Å². The predicted octanol–water partition coefficient (Wildman–Crippen LogP) is 3.42. The van der Waals surface area contributed by atoms with Crippen molar-refractivity contribution in [2.75, 3.05) is 5.32 Å². The maximum absolute atomic E-state index is 12.4. The molecule has 2 aromatic heterocycles. The van der Waals surface area contributed by atoms with Gasteiger partial charge in [0.1, 0.15) is 0 Å². The average Bonchev–Trinajstić information content (AvgIpc) is 2.98. The Kier molecular flexibility index (Phi) is 5.03. The van der Waals surface area contributed by atoms with Gasteiger partial charge in [0.25, 0.3) is 5.78 Å². The third-order valence-electron chi connectivity index (χ3n) is 3.88. The molecule has 1 amide bonds. The summed E-state index contributed by atoms with van der Waals surface area (Å²) in [5.74, 6) is 0.483. The molecule has 0 saturated carbocycles. The molecule has 0 spiro atoms. The summed E-state index contributed by atoms with van der Waals surface area (Å²) in [7, 11) is 0. The van der Waals surface area contributed by atoms with Crippen LogP contribution in [-0.4, -0.2) is 30.7 Å². The van der Waals surface area contributed by atoms with E-state index >= 15 is 0 Å². The zero-order valence-electron chi connectivity index (χ0n) is 14.8. The molecule has 7 heteroatoms. The van der Waals surface area contributed by atoms with Crippen LogP contribution in [0, 0.1) is 13.8 Å². The van der Waals surface area contributed by atoms with Crippen LogP contribution in [0.2, 0.25) is 0 Å². The molecule has 0 aliphatic carbocycles. The van der Waals surface area contributed by atoms with E-state index in [0.29, 0.717) is 10.9 Å². The van der Waals surface area contributed by atoms with E-state index in [1.54, 1.807) is 4.52 Å². The van der Waals surface area contributed by atoms with Gasteiger partial charge in [0.05, 0.1) is 5.25 Å². The number of thioether (sulfide) groups is 1. The fourth-order valence-electron chi connectivity index (χ4n) is 2.48. The Balaban J connectivity index is 1.69. The zero-order valence-corrected chi connectivity index (χ0v) is 15.6. The number of fused-ring (bicyclic) bond motifs is 1. The monoisotopic (exact) mass is 355 g/mol. The first kappa shape index (κ1) is 17.4. The second-order valence-electron chi connectivity index (χ2n) is 5.94. The van der Waals surface area contributed by atoms with Gasteiger partial charge < -0.3 is 5.32 Å². The number of amides is 1. The van der Waals surface area contributed by atoms with Crippen molar-refractivity contribution >= 4 is 29.1 Å². The number of hydrogen-bond acceptors (Lipinski definition) is 5. The molecule has 6 nitrogen and oxygen atoms in total. The third-order valence-corrected chi connectivity index (χ3v) is 4.83. The lowest BCUT2D eigenvalue weighted by atomic mass is 10.1. The van der Waals surface area contributed by atoms with Crippen LogP contribution in [0.3, 0.4) is 0 Å². The number of carbonyl (C=O) groups excluding carboxylic acids is 1. The number of anilines is 1. The van der Waals surface area contributed by atoms with Crippen LogP contribution < -0.4 is 5.32 Å². The first-order chi connectivity index (χ1) is 12.0. The Hall–Kier alpha value is -2.41. The number of benzene rings is 1. The fourth-order valence-corrected chi connectivity index (χ4v) is 3.22. The predicted molar refractivity (Wildman–Crippen MR) is 100 cm³/mol. The highest BCUT2D eigenvalue weighted by molar-refractivity contribution is 8.00. The minimum Gasteiger partial charge on any atom is -0.325 e. The summed E-state index contributed by atoms with van der Waals surface area (Å²) in [6.07, 6.45) is 0.979. The number of hydrogen-bond donors (Lipinski definition) is 1. The molecule has 3 rings (SSSR count). The molecule has 0 radical (unpaired) electrons. The normalized spacial score (nSPS) is 12.3. The molecule has 25 heavy (non-hydrogen) atoms. The van der Waals surface area contributed by atoms with Gasteiger partial charge in [-0.1, -0.05) is 30.8 Å². The molecule has 0 aliphatic rings. The zero-order chi connectivity index (χ0) is 18.0. The summed E-state index contributed by atoms with van der Waals surface area (Å²) in [5.41, 5.74) is 3.91. The first-order valence-corrected chi connectivity index (χ1v) is 9.11. The third kappa shape index (κ3) is 3.99. The molecule has 1 atom stereocenters. The van der Waals surface area contributed by atoms with Gasteiger partial charge in [-0.25, -0.2) is 9.50 Å². The Bertz CT molecular complexity index is 904. The van der Waals surface area contributed by atoms with Crippen LogP contribution in [0.25, 0.3) is 5.78 Å². The molecule has 130 valence electrons. The van der Waals surface area contributed by atoms with Gasteiger partial charge in [0.2, 0.25) is 11.1 Å². The summed E-state index contributed by atoms with van der Waals surface area (Å²) in [6, 6.07) is 9.84. The molecular weight excluding hydrogens is 334 g/mol. The Morgan fingerprint density at radius 1 is 1.24 bits per heavy atom. The van der Waals surface area contributed by atoms with Gasteiger partial charge in [0.15, 0.2) is 0 Å². The second-order valence-corrected chi connectivity index (χ2v) is 7.25. The number of aryl methyl sites for hydroxylation is 3. The van der Waals surface area contributed by atoms with Crippen LogP contribution in [0.4, 0.5) is 5.69 Å². The van der Waals surface area contributed by atoms with E-state index in [1.807, 2.05) is 51.1 Å². The summed E-state index contributed by atoms with van der Waals surface area (Å²) in [6.45, 7) is 7.83. The number of carbonyl (C=O) groups is 1. The minimum absolute atomic E-state index is 0.0750. The smallest absolute Gasteiger partial charge is 0.253 e. The van der Waals surface area contributed by atoms with Gasteiger partial charge in [-0.2, -0.15) is 4.98 Å². The van der Waals surface area contributed by atoms with Gasteiger partial charge >= 0.3 is 0 Å². The van der Waals surface area contributed by atoms with Crippen LogP contribution in [0.5, 0.6) is 0 Å². The van der Waals surface area contributed by atoms with E-state index < -0.39 is 0 Å². The largest absolute Gasteiger partial charge is 0.325 e. The van der Waals surface area contributed by atoms with E-state index in [9.17, 15) is 4.79 Å². The van der Waals surface area contributed by atoms with Crippen molar-refractivity contribution in [2.45, 2.75) is 44.5 Å². The molecule has 0 fully saturated rings. The standard InChI is InChI=1S/C18H21N5OS/c1-5-14-6-8-15(9-7-14)20-16(24)13(4)25-18-21-17-19-11(2)10-12(3)23(17)22-18/h6-10,13H,5H2,1-4H3,(H,20,24). The van der Waals surface area contributed by atoms with Crippen LogP contribution in [0.15, 0.2) is 35.5 Å². The molecule has 1 aromatic carbocycles. The van der Waals surface area contributed by atoms with Crippen molar-refractivity contribution in [3.8, 4) is 0 Å². The van der Waals surface area contributed by atoms with Gasteiger partial charge in [0, 0.05) is 17.1 Å². The molecule has 2 heterocycles. The number of rotatable bonds is 5. The van der Waals surface area contributed by atoms with Crippen molar-refractivity contribution in [1.29, 1.82) is 0 Å². The Morgan fingerprint density at radius 2 is 1.96 bits per heavy atom. The quantitative estimate of drug-likeness (QED) is 0.710. The minimum atomic E-state index is -0.315. The highest BCUT2D eigenvalue weighted by Gasteiger charge is 2.18. The van der Waals surface area contributed by atoms with Crippen LogP contribution in [-0.2, 0) is 11.2 Å². The summed E-state index contributed by atoms with van der Waals surface area (Å²) >= 11 is 1.32. The molecule has 0 bridgehead atoms. The van der Waals surface area contributed by atoms with Gasteiger partial charge in [-0.3, -0.25) is 4.79 Å². The van der Waals surface area contributed by atoms with Crippen molar-refractivity contribution in [3.63, 3.8) is 0 Å². The maximum atomic E-state index is 12.4. The number of nitrogens with zero attached hydrogens (tertiary/aromatic N) is 4. The maximum Gasteiger partial charge on any atom is 0.253 e. The average molecular weight is 355 g/mol. The van der Waals surface area contributed by atoms with Crippen molar-refractivity contribution in [1.82, 2.24) is 19.6 Å². The lowest BCUT2D eigenvalue weighted by Crippen LogP contribution is -2.22. The summed E-state index contributed by atoms with van der Waals surface area (Å²) in [4.78, 5) is 21.2. The number of aromatic nitrogens is 4. The highest BCUT2D eigenvalue weighted by atomic mass is 32.2. The highest BCUT2D eigenvalue weighted by Crippen LogP contribution is 2.22. The SMILES string of the molecule is CCc1ccc(NC(=O)C(C)Sc2nc3nc(C)cc(C)n3n2)cc1. The first-order valence-electron chi connectivity index (χ1n) is 8.23. The topological polar surface area (TPSA) is 72.2 Å². The molecule has 1 unspecified atom stereocenters. The summed E-state index contributed by atoms with van der Waals surface area (Å²) < 4.78 is 1.70. The molecule has 3 aromatic rings.